The van der Waals surface area contributed by atoms with Crippen LogP contribution in [0.15, 0.2) is 47.5 Å². The number of carbonyl (C=O) groups is 1. The van der Waals surface area contributed by atoms with Crippen LogP contribution in [0.2, 0.25) is 5.15 Å². The number of hydrogen-bond donors (Lipinski definition) is 2. The number of sulfonamides is 1. The van der Waals surface area contributed by atoms with Crippen LogP contribution in [-0.4, -0.2) is 25.4 Å². The van der Waals surface area contributed by atoms with E-state index in [4.69, 9.17) is 11.6 Å². The highest BCUT2D eigenvalue weighted by Crippen LogP contribution is 2.14. The van der Waals surface area contributed by atoms with Gasteiger partial charge in [0.1, 0.15) is 11.2 Å². The topological polar surface area (TPSA) is 88.2 Å². The van der Waals surface area contributed by atoms with E-state index in [0.717, 1.165) is 11.1 Å². The fourth-order valence-corrected chi connectivity index (χ4v) is 3.80. The smallest absolute Gasteiger partial charge is 0.241 e. The van der Waals surface area contributed by atoms with E-state index in [1.54, 1.807) is 30.5 Å². The maximum absolute atomic E-state index is 12.6. The van der Waals surface area contributed by atoms with Gasteiger partial charge in [0.2, 0.25) is 15.9 Å². The number of rotatable bonds is 8. The number of nitrogens with one attached hydrogen (secondary N) is 2. The Morgan fingerprint density at radius 1 is 1.15 bits per heavy atom. The van der Waals surface area contributed by atoms with Gasteiger partial charge in [0, 0.05) is 12.7 Å². The molecule has 0 aliphatic heterocycles. The van der Waals surface area contributed by atoms with Gasteiger partial charge < -0.3 is 5.32 Å². The molecule has 0 saturated carbocycles. The fraction of sp³-hybridized carbons (Fsp3) is 0.368. The summed E-state index contributed by atoms with van der Waals surface area (Å²) in [5, 5.41) is 3.13. The molecule has 0 fully saturated rings. The molecule has 1 heterocycles. The zero-order valence-electron chi connectivity index (χ0n) is 15.6. The Bertz CT molecular complexity index is 866. The molecule has 0 saturated heterocycles. The first kappa shape index (κ1) is 21.3. The Morgan fingerprint density at radius 2 is 1.81 bits per heavy atom. The van der Waals surface area contributed by atoms with Crippen molar-refractivity contribution in [1.82, 2.24) is 15.0 Å². The summed E-state index contributed by atoms with van der Waals surface area (Å²) in [5.41, 5.74) is 1.74. The number of hydrogen-bond acceptors (Lipinski definition) is 4. The van der Waals surface area contributed by atoms with Gasteiger partial charge in [-0.2, -0.15) is 4.72 Å². The molecule has 6 nitrogen and oxygen atoms in total. The lowest BCUT2D eigenvalue weighted by atomic mass is 10.0. The molecule has 0 radical (unpaired) electrons. The Kier molecular flexibility index (Phi) is 7.35. The number of nitrogens with zero attached hydrogens (tertiary/aromatic N) is 1. The quantitative estimate of drug-likeness (QED) is 0.656. The molecule has 2 rings (SSSR count). The van der Waals surface area contributed by atoms with E-state index in [-0.39, 0.29) is 23.3 Å². The summed E-state index contributed by atoms with van der Waals surface area (Å²) in [6.45, 7) is 5.99. The molecular formula is C19H24ClN3O3S. The largest absolute Gasteiger partial charge is 0.351 e. The van der Waals surface area contributed by atoms with Gasteiger partial charge in [-0.15, -0.1) is 0 Å². The van der Waals surface area contributed by atoms with Crippen LogP contribution in [0.1, 0.15) is 31.4 Å². The minimum absolute atomic E-state index is 0.136. The summed E-state index contributed by atoms with van der Waals surface area (Å²) in [7, 11) is -3.80. The van der Waals surface area contributed by atoms with Crippen LogP contribution in [0.3, 0.4) is 0 Å². The molecule has 0 bridgehead atoms. The van der Waals surface area contributed by atoms with E-state index in [9.17, 15) is 13.2 Å². The Balaban J connectivity index is 2.09. The number of carbonyl (C=O) groups excluding carboxylic acids is 1. The highest BCUT2D eigenvalue weighted by Gasteiger charge is 2.26. The number of aryl methyl sites for hydroxylation is 1. The molecule has 0 aliphatic rings. The van der Waals surface area contributed by atoms with Crippen LogP contribution < -0.4 is 10.0 Å². The number of benzene rings is 1. The predicted octanol–water partition coefficient (Wildman–Crippen LogP) is 3.05. The first-order valence-corrected chi connectivity index (χ1v) is 10.5. The van der Waals surface area contributed by atoms with Crippen LogP contribution in [-0.2, 0) is 21.4 Å². The fourth-order valence-electron chi connectivity index (χ4n) is 2.48. The lowest BCUT2D eigenvalue weighted by Gasteiger charge is -2.20. The second-order valence-corrected chi connectivity index (χ2v) is 8.92. The van der Waals surface area contributed by atoms with Crippen LogP contribution in [0.4, 0.5) is 0 Å². The molecule has 0 aliphatic carbocycles. The van der Waals surface area contributed by atoms with Crippen molar-refractivity contribution in [3.63, 3.8) is 0 Å². The Hall–Kier alpha value is -1.96. The van der Waals surface area contributed by atoms with Crippen molar-refractivity contribution in [1.29, 1.82) is 0 Å². The van der Waals surface area contributed by atoms with Gasteiger partial charge in [-0.25, -0.2) is 13.4 Å². The number of pyridine rings is 1. The molecule has 0 spiro atoms. The second kappa shape index (κ2) is 9.30. The summed E-state index contributed by atoms with van der Waals surface area (Å²) in [6, 6.07) is 9.02. The third-order valence-electron chi connectivity index (χ3n) is 3.91. The highest BCUT2D eigenvalue weighted by molar-refractivity contribution is 7.89. The zero-order valence-corrected chi connectivity index (χ0v) is 17.1. The van der Waals surface area contributed by atoms with Crippen molar-refractivity contribution in [2.24, 2.45) is 5.92 Å². The summed E-state index contributed by atoms with van der Waals surface area (Å²) in [5.74, 6) is -0.243. The predicted molar refractivity (Wildman–Crippen MR) is 106 cm³/mol. The minimum atomic E-state index is -3.80. The zero-order chi connectivity index (χ0) is 20.0. The van der Waals surface area contributed by atoms with E-state index in [1.807, 2.05) is 20.8 Å². The van der Waals surface area contributed by atoms with Crippen molar-refractivity contribution < 1.29 is 13.2 Å². The molecule has 1 aromatic carbocycles. The average Bonchev–Trinajstić information content (AvgIpc) is 2.60. The first-order valence-electron chi connectivity index (χ1n) is 8.64. The van der Waals surface area contributed by atoms with Crippen molar-refractivity contribution in [3.05, 3.63) is 58.9 Å². The molecular weight excluding hydrogens is 386 g/mol. The maximum atomic E-state index is 12.6. The van der Waals surface area contributed by atoms with Gasteiger partial charge in [0.25, 0.3) is 0 Å². The number of amides is 1. The van der Waals surface area contributed by atoms with E-state index in [1.165, 1.54) is 12.1 Å². The number of halogens is 1. The van der Waals surface area contributed by atoms with Gasteiger partial charge in [-0.3, -0.25) is 4.79 Å². The third kappa shape index (κ3) is 6.61. The molecule has 1 atom stereocenters. The Morgan fingerprint density at radius 3 is 2.37 bits per heavy atom. The first-order chi connectivity index (χ1) is 12.7. The molecule has 2 aromatic rings. The summed E-state index contributed by atoms with van der Waals surface area (Å²) in [6.07, 6.45) is 1.95. The highest BCUT2D eigenvalue weighted by atomic mass is 35.5. The lowest BCUT2D eigenvalue weighted by molar-refractivity contribution is -0.123. The molecule has 146 valence electrons. The van der Waals surface area contributed by atoms with Crippen molar-refractivity contribution in [2.75, 3.05) is 0 Å². The summed E-state index contributed by atoms with van der Waals surface area (Å²) in [4.78, 5) is 16.7. The Labute approximate surface area is 165 Å². The molecule has 1 unspecified atom stereocenters. The van der Waals surface area contributed by atoms with Gasteiger partial charge in [0.15, 0.2) is 0 Å². The lowest BCUT2D eigenvalue weighted by Crippen LogP contribution is -2.47. The van der Waals surface area contributed by atoms with Crippen LogP contribution in [0, 0.1) is 12.8 Å². The summed E-state index contributed by atoms with van der Waals surface area (Å²) >= 11 is 5.75. The number of aromatic nitrogens is 1. The van der Waals surface area contributed by atoms with E-state index in [2.05, 4.69) is 15.0 Å². The van der Waals surface area contributed by atoms with E-state index in [0.29, 0.717) is 11.6 Å². The van der Waals surface area contributed by atoms with Crippen molar-refractivity contribution in [3.8, 4) is 0 Å². The van der Waals surface area contributed by atoms with Crippen LogP contribution in [0.5, 0.6) is 0 Å². The van der Waals surface area contributed by atoms with Gasteiger partial charge in [-0.05, 0) is 43.0 Å². The van der Waals surface area contributed by atoms with E-state index >= 15 is 0 Å². The van der Waals surface area contributed by atoms with Gasteiger partial charge in [-0.1, -0.05) is 49.2 Å². The SMILES string of the molecule is Cc1ccc(S(=O)(=O)NC(CC(C)C)C(=O)NCc2ccc(Cl)nc2)cc1. The average molecular weight is 410 g/mol. The monoisotopic (exact) mass is 409 g/mol. The maximum Gasteiger partial charge on any atom is 0.241 e. The second-order valence-electron chi connectivity index (χ2n) is 6.82. The van der Waals surface area contributed by atoms with Crippen LogP contribution >= 0.6 is 11.6 Å². The molecule has 8 heteroatoms. The van der Waals surface area contributed by atoms with E-state index < -0.39 is 16.1 Å². The van der Waals surface area contributed by atoms with Gasteiger partial charge in [0.05, 0.1) is 4.90 Å². The molecule has 27 heavy (non-hydrogen) atoms. The standard InChI is InChI=1S/C19H24ClN3O3S/c1-13(2)10-17(19(24)22-12-15-6-9-18(20)21-11-15)23-27(25,26)16-7-4-14(3)5-8-16/h4-9,11,13,17,23H,10,12H2,1-3H3,(H,22,24). The van der Waals surface area contributed by atoms with Crippen molar-refractivity contribution in [2.45, 2.75) is 44.7 Å². The van der Waals surface area contributed by atoms with Gasteiger partial charge >= 0.3 is 0 Å². The molecule has 2 N–H and O–H groups in total. The molecule has 1 aromatic heterocycles. The summed E-state index contributed by atoms with van der Waals surface area (Å²) < 4.78 is 27.8. The third-order valence-corrected chi connectivity index (χ3v) is 5.62. The normalized spacial score (nSPS) is 12.8. The van der Waals surface area contributed by atoms with Crippen molar-refractivity contribution >= 4 is 27.5 Å². The minimum Gasteiger partial charge on any atom is -0.351 e. The van der Waals surface area contributed by atoms with Crippen LogP contribution in [0.25, 0.3) is 0 Å². The molecule has 1 amide bonds.